The van der Waals surface area contributed by atoms with Crippen molar-refractivity contribution in [3.05, 3.63) is 30.2 Å². The minimum absolute atomic E-state index is 0.0464. The molecule has 3 rings (SSSR count). The van der Waals surface area contributed by atoms with Crippen molar-refractivity contribution in [3.63, 3.8) is 0 Å². The maximum atomic E-state index is 12.1. The topological polar surface area (TPSA) is 88.8 Å². The maximum Gasteiger partial charge on any atom is 0.225 e. The van der Waals surface area contributed by atoms with Gasteiger partial charge in [0.25, 0.3) is 0 Å². The molecular formula is C13H17N3O3S. The average molecular weight is 295 g/mol. The number of aromatic nitrogens is 3. The lowest BCUT2D eigenvalue weighted by Gasteiger charge is -2.18. The molecular weight excluding hydrogens is 278 g/mol. The first kappa shape index (κ1) is 13.4. The molecule has 7 heteroatoms. The van der Waals surface area contributed by atoms with E-state index in [9.17, 15) is 8.42 Å². The van der Waals surface area contributed by atoms with Crippen LogP contribution < -0.4 is 0 Å². The van der Waals surface area contributed by atoms with Crippen LogP contribution in [-0.4, -0.2) is 23.4 Å². The number of nitrogens with zero attached hydrogens (tertiary/aromatic N) is 2. The molecule has 2 aromatic heterocycles. The summed E-state index contributed by atoms with van der Waals surface area (Å²) in [6, 6.07) is 0. The molecule has 0 unspecified atom stereocenters. The minimum atomic E-state index is -3.51. The van der Waals surface area contributed by atoms with Crippen LogP contribution in [0.3, 0.4) is 0 Å². The molecule has 1 aliphatic carbocycles. The number of hydrogen-bond donors (Lipinski definition) is 1. The smallest absolute Gasteiger partial charge is 0.225 e. The molecule has 2 aromatic rings. The van der Waals surface area contributed by atoms with Crippen molar-refractivity contribution >= 4 is 9.84 Å². The van der Waals surface area contributed by atoms with E-state index in [-0.39, 0.29) is 16.8 Å². The number of H-pyrrole nitrogens is 1. The van der Waals surface area contributed by atoms with Crippen LogP contribution in [-0.2, 0) is 15.6 Å². The molecule has 0 saturated heterocycles. The van der Waals surface area contributed by atoms with Crippen LogP contribution in [0.25, 0.3) is 0 Å². The van der Waals surface area contributed by atoms with Crippen LogP contribution in [0, 0.1) is 0 Å². The average Bonchev–Trinajstić information content (AvgIpc) is 3.10. The molecule has 0 bridgehead atoms. The van der Waals surface area contributed by atoms with Crippen LogP contribution in [0.1, 0.15) is 49.7 Å². The number of oxazole rings is 1. The Kier molecular flexibility index (Phi) is 3.60. The predicted molar refractivity (Wildman–Crippen MR) is 71.8 cm³/mol. The van der Waals surface area contributed by atoms with Gasteiger partial charge in [-0.15, -0.1) is 0 Å². The standard InChI is InChI=1S/C13H17N3O3S/c17-20(18,13-14-6-7-15-13)9-12-16-8-11(19-12)10-4-2-1-3-5-10/h6-8,10H,1-5,9H2,(H,14,15). The zero-order chi connectivity index (χ0) is 14.0. The van der Waals surface area contributed by atoms with Crippen LogP contribution in [0.4, 0.5) is 0 Å². The van der Waals surface area contributed by atoms with E-state index in [2.05, 4.69) is 15.0 Å². The predicted octanol–water partition coefficient (Wildman–Crippen LogP) is 2.42. The quantitative estimate of drug-likeness (QED) is 0.935. The lowest BCUT2D eigenvalue weighted by molar-refractivity contribution is 0.364. The van der Waals surface area contributed by atoms with Gasteiger partial charge in [-0.3, -0.25) is 0 Å². The van der Waals surface area contributed by atoms with Crippen molar-refractivity contribution in [2.24, 2.45) is 0 Å². The number of sulfone groups is 1. The zero-order valence-corrected chi connectivity index (χ0v) is 11.9. The van der Waals surface area contributed by atoms with Crippen molar-refractivity contribution in [2.75, 3.05) is 0 Å². The van der Waals surface area contributed by atoms with E-state index in [1.807, 2.05) is 0 Å². The Balaban J connectivity index is 1.74. The third-order valence-corrected chi connectivity index (χ3v) is 5.10. The van der Waals surface area contributed by atoms with Gasteiger partial charge >= 0.3 is 0 Å². The molecule has 1 N–H and O–H groups in total. The van der Waals surface area contributed by atoms with E-state index >= 15 is 0 Å². The summed E-state index contributed by atoms with van der Waals surface area (Å²) in [7, 11) is -3.51. The van der Waals surface area contributed by atoms with Gasteiger partial charge in [0.2, 0.25) is 20.9 Å². The number of nitrogens with one attached hydrogen (secondary N) is 1. The highest BCUT2D eigenvalue weighted by Gasteiger charge is 2.24. The largest absolute Gasteiger partial charge is 0.444 e. The highest BCUT2D eigenvalue weighted by Crippen LogP contribution is 2.33. The fraction of sp³-hybridized carbons (Fsp3) is 0.538. The number of imidazole rings is 1. The second-order valence-corrected chi connectivity index (χ2v) is 7.05. The fourth-order valence-electron chi connectivity index (χ4n) is 2.62. The summed E-state index contributed by atoms with van der Waals surface area (Å²) >= 11 is 0. The van der Waals surface area contributed by atoms with Crippen LogP contribution in [0.5, 0.6) is 0 Å². The van der Waals surface area contributed by atoms with Crippen molar-refractivity contribution in [1.82, 2.24) is 15.0 Å². The Morgan fingerprint density at radius 1 is 1.25 bits per heavy atom. The summed E-state index contributed by atoms with van der Waals surface area (Å²) in [5, 5.41) is -0.0464. The molecule has 1 saturated carbocycles. The minimum Gasteiger partial charge on any atom is -0.444 e. The molecule has 0 atom stereocenters. The molecule has 0 aromatic carbocycles. The molecule has 0 aliphatic heterocycles. The number of aromatic amines is 1. The molecule has 0 spiro atoms. The monoisotopic (exact) mass is 295 g/mol. The third kappa shape index (κ3) is 2.77. The van der Waals surface area contributed by atoms with Gasteiger partial charge in [-0.05, 0) is 12.8 Å². The Hall–Kier alpha value is -1.63. The van der Waals surface area contributed by atoms with Gasteiger partial charge in [-0.25, -0.2) is 18.4 Å². The summed E-state index contributed by atoms with van der Waals surface area (Å²) < 4.78 is 29.7. The lowest BCUT2D eigenvalue weighted by atomic mass is 9.88. The maximum absolute atomic E-state index is 12.1. The Morgan fingerprint density at radius 2 is 2.05 bits per heavy atom. The van der Waals surface area contributed by atoms with Crippen molar-refractivity contribution in [1.29, 1.82) is 0 Å². The SMILES string of the molecule is O=S(=O)(Cc1ncc(C2CCCCC2)o1)c1ncc[nH]1. The number of hydrogen-bond acceptors (Lipinski definition) is 5. The molecule has 1 fully saturated rings. The van der Waals surface area contributed by atoms with Crippen LogP contribution in [0.15, 0.2) is 28.2 Å². The van der Waals surface area contributed by atoms with Crippen LogP contribution >= 0.6 is 0 Å². The molecule has 2 heterocycles. The first-order valence-corrected chi connectivity index (χ1v) is 8.47. The summed E-state index contributed by atoms with van der Waals surface area (Å²) in [5.41, 5.74) is 0. The van der Waals surface area contributed by atoms with E-state index in [4.69, 9.17) is 4.42 Å². The second-order valence-electron chi connectivity index (χ2n) is 5.14. The van der Waals surface area contributed by atoms with Gasteiger partial charge in [0, 0.05) is 18.3 Å². The van der Waals surface area contributed by atoms with Gasteiger partial charge in [-0.2, -0.15) is 0 Å². The molecule has 0 radical (unpaired) electrons. The van der Waals surface area contributed by atoms with Crippen LogP contribution in [0.2, 0.25) is 0 Å². The Bertz CT molecular complexity index is 655. The van der Waals surface area contributed by atoms with Gasteiger partial charge in [-0.1, -0.05) is 19.3 Å². The van der Waals surface area contributed by atoms with Gasteiger partial charge < -0.3 is 9.40 Å². The van der Waals surface area contributed by atoms with Gasteiger partial charge in [0.15, 0.2) is 0 Å². The fourth-order valence-corrected chi connectivity index (χ4v) is 3.68. The van der Waals surface area contributed by atoms with Gasteiger partial charge in [0.1, 0.15) is 11.5 Å². The normalized spacial score (nSPS) is 17.4. The molecule has 1 aliphatic rings. The van der Waals surface area contributed by atoms with E-state index in [0.29, 0.717) is 5.92 Å². The molecule has 108 valence electrons. The summed E-state index contributed by atoms with van der Waals surface area (Å²) in [6.45, 7) is 0. The van der Waals surface area contributed by atoms with Crippen molar-refractivity contribution in [2.45, 2.75) is 48.9 Å². The zero-order valence-electron chi connectivity index (χ0n) is 11.1. The molecule has 6 nitrogen and oxygen atoms in total. The number of rotatable bonds is 4. The first-order valence-electron chi connectivity index (χ1n) is 6.82. The van der Waals surface area contributed by atoms with E-state index in [0.717, 1.165) is 18.6 Å². The second kappa shape index (κ2) is 5.40. The van der Waals surface area contributed by atoms with Crippen molar-refractivity contribution in [3.8, 4) is 0 Å². The highest BCUT2D eigenvalue weighted by molar-refractivity contribution is 7.90. The lowest BCUT2D eigenvalue weighted by Crippen LogP contribution is -2.07. The Morgan fingerprint density at radius 3 is 2.75 bits per heavy atom. The third-order valence-electron chi connectivity index (χ3n) is 3.66. The van der Waals surface area contributed by atoms with E-state index in [1.54, 1.807) is 6.20 Å². The van der Waals surface area contributed by atoms with Crippen molar-refractivity contribution < 1.29 is 12.8 Å². The summed E-state index contributed by atoms with van der Waals surface area (Å²) in [5.74, 6) is 1.18. The Labute approximate surface area is 117 Å². The summed E-state index contributed by atoms with van der Waals surface area (Å²) in [6.07, 6.45) is 10.4. The van der Waals surface area contributed by atoms with E-state index in [1.165, 1.54) is 31.7 Å². The summed E-state index contributed by atoms with van der Waals surface area (Å²) in [4.78, 5) is 10.5. The van der Waals surface area contributed by atoms with Gasteiger partial charge in [0.05, 0.1) is 6.20 Å². The van der Waals surface area contributed by atoms with E-state index < -0.39 is 9.84 Å². The molecule has 0 amide bonds. The highest BCUT2D eigenvalue weighted by atomic mass is 32.2. The first-order chi connectivity index (χ1) is 9.65. The molecule has 20 heavy (non-hydrogen) atoms.